The van der Waals surface area contributed by atoms with Crippen molar-refractivity contribution in [2.45, 2.75) is 18.7 Å². The van der Waals surface area contributed by atoms with Crippen LogP contribution in [-0.4, -0.2) is 55.1 Å². The van der Waals surface area contributed by atoms with Gasteiger partial charge >= 0.3 is 0 Å². The number of nitrogens with zero attached hydrogens (tertiary/aromatic N) is 3. The van der Waals surface area contributed by atoms with Crippen molar-refractivity contribution in [1.29, 1.82) is 0 Å². The van der Waals surface area contributed by atoms with Crippen LogP contribution in [0.5, 0.6) is 0 Å². The fraction of sp³-hybridized carbons (Fsp3) is 0.462. The molecule has 0 aliphatic carbocycles. The normalized spacial score (nSPS) is 11.6. The van der Waals surface area contributed by atoms with Crippen LogP contribution in [-0.2, 0) is 14.8 Å². The lowest BCUT2D eigenvalue weighted by atomic mass is 10.3. The van der Waals surface area contributed by atoms with Crippen LogP contribution in [0.25, 0.3) is 0 Å². The summed E-state index contributed by atoms with van der Waals surface area (Å²) in [5, 5.41) is 11.0. The van der Waals surface area contributed by atoms with Crippen molar-refractivity contribution in [2.75, 3.05) is 26.7 Å². The van der Waals surface area contributed by atoms with E-state index in [-0.39, 0.29) is 4.47 Å². The zero-order valence-electron chi connectivity index (χ0n) is 13.3. The Hall–Kier alpha value is -1.59. The quantitative estimate of drug-likeness (QED) is 0.490. The summed E-state index contributed by atoms with van der Waals surface area (Å²) in [7, 11) is -3.21. The Kier molecular flexibility index (Phi) is 6.81. The summed E-state index contributed by atoms with van der Waals surface area (Å²) >= 11 is 2.81. The smallest absolute Gasteiger partial charge is 0.292 e. The highest BCUT2D eigenvalue weighted by Crippen LogP contribution is 2.31. The molecule has 0 atom stereocenters. The molecule has 0 heterocycles. The average Bonchev–Trinajstić information content (AvgIpc) is 2.50. The molecule has 24 heavy (non-hydrogen) atoms. The minimum absolute atomic E-state index is 0.227. The summed E-state index contributed by atoms with van der Waals surface area (Å²) in [6.07, 6.45) is 0. The molecule has 1 aromatic carbocycles. The lowest BCUT2D eigenvalue weighted by molar-refractivity contribution is -0.388. The summed E-state index contributed by atoms with van der Waals surface area (Å²) in [6, 6.07) is 1.35. The van der Waals surface area contributed by atoms with E-state index in [0.717, 1.165) is 13.1 Å². The molecule has 11 heteroatoms. The SMILES string of the molecule is CCN(CC)C(=O)CN(C)S(=O)(=O)c1cc(Br)c(F)cc1[N+](=O)[O-]. The van der Waals surface area contributed by atoms with Gasteiger partial charge in [-0.05, 0) is 35.8 Å². The second-order valence-electron chi connectivity index (χ2n) is 4.82. The van der Waals surface area contributed by atoms with Gasteiger partial charge in [0.25, 0.3) is 5.69 Å². The van der Waals surface area contributed by atoms with Gasteiger partial charge in [-0.3, -0.25) is 14.9 Å². The van der Waals surface area contributed by atoms with E-state index in [1.165, 1.54) is 4.90 Å². The molecule has 8 nitrogen and oxygen atoms in total. The van der Waals surface area contributed by atoms with Crippen molar-refractivity contribution in [1.82, 2.24) is 9.21 Å². The van der Waals surface area contributed by atoms with Crippen molar-refractivity contribution in [3.63, 3.8) is 0 Å². The van der Waals surface area contributed by atoms with Crippen molar-refractivity contribution < 1.29 is 22.5 Å². The monoisotopic (exact) mass is 425 g/mol. The molecule has 0 bridgehead atoms. The molecule has 0 saturated carbocycles. The van der Waals surface area contributed by atoms with E-state index in [1.54, 1.807) is 13.8 Å². The van der Waals surface area contributed by atoms with Crippen molar-refractivity contribution in [3.05, 3.63) is 32.5 Å². The second kappa shape index (κ2) is 7.99. The topological polar surface area (TPSA) is 101 Å². The van der Waals surface area contributed by atoms with Gasteiger partial charge in [0.05, 0.1) is 22.0 Å². The largest absolute Gasteiger partial charge is 0.342 e. The fourth-order valence-corrected chi connectivity index (χ4v) is 3.76. The highest BCUT2D eigenvalue weighted by Gasteiger charge is 2.32. The molecule has 0 aliphatic rings. The van der Waals surface area contributed by atoms with Gasteiger partial charge in [-0.25, -0.2) is 12.8 Å². The van der Waals surface area contributed by atoms with E-state index >= 15 is 0 Å². The first-order chi connectivity index (χ1) is 11.1. The third kappa shape index (κ3) is 4.28. The summed E-state index contributed by atoms with van der Waals surface area (Å²) in [5.74, 6) is -1.39. The number of hydrogen-bond donors (Lipinski definition) is 0. The van der Waals surface area contributed by atoms with Crippen LogP contribution < -0.4 is 0 Å². The number of nitro benzene ring substituents is 1. The Morgan fingerprint density at radius 2 is 1.88 bits per heavy atom. The van der Waals surface area contributed by atoms with Crippen molar-refractivity contribution >= 4 is 37.5 Å². The van der Waals surface area contributed by atoms with Gasteiger partial charge in [-0.2, -0.15) is 4.31 Å². The second-order valence-corrected chi connectivity index (χ2v) is 7.69. The van der Waals surface area contributed by atoms with E-state index in [4.69, 9.17) is 0 Å². The highest BCUT2D eigenvalue weighted by atomic mass is 79.9. The molecule has 0 fully saturated rings. The van der Waals surface area contributed by atoms with Gasteiger partial charge in [-0.1, -0.05) is 0 Å². The molecule has 1 amide bonds. The Bertz CT molecular complexity index is 752. The lowest BCUT2D eigenvalue weighted by Gasteiger charge is -2.23. The number of amides is 1. The number of sulfonamides is 1. The maximum absolute atomic E-state index is 13.5. The molecule has 0 N–H and O–H groups in total. The van der Waals surface area contributed by atoms with E-state index in [2.05, 4.69) is 15.9 Å². The minimum Gasteiger partial charge on any atom is -0.342 e. The Labute approximate surface area is 147 Å². The molecule has 0 aliphatic heterocycles. The number of hydrogen-bond acceptors (Lipinski definition) is 5. The van der Waals surface area contributed by atoms with Crippen LogP contribution in [0.15, 0.2) is 21.5 Å². The standard InChI is InChI=1S/C13H17BrFN3O5S/c1-4-17(5-2)13(19)8-16(3)24(22,23)12-6-9(14)10(15)7-11(12)18(20)21/h6-7H,4-5,8H2,1-3H3. The zero-order valence-corrected chi connectivity index (χ0v) is 15.7. The first kappa shape index (κ1) is 20.5. The van der Waals surface area contributed by atoms with E-state index < -0.39 is 43.8 Å². The number of carbonyl (C=O) groups excluding carboxylic acids is 1. The van der Waals surface area contributed by atoms with Crippen LogP contribution in [0.2, 0.25) is 0 Å². The van der Waals surface area contributed by atoms with E-state index in [0.29, 0.717) is 23.5 Å². The molecule has 1 aromatic rings. The maximum atomic E-state index is 13.5. The molecular weight excluding hydrogens is 409 g/mol. The van der Waals surface area contributed by atoms with Gasteiger partial charge in [0, 0.05) is 20.1 Å². The van der Waals surface area contributed by atoms with E-state index in [1.807, 2.05) is 0 Å². The lowest BCUT2D eigenvalue weighted by Crippen LogP contribution is -2.41. The van der Waals surface area contributed by atoms with Crippen LogP contribution in [0.4, 0.5) is 10.1 Å². The van der Waals surface area contributed by atoms with E-state index in [9.17, 15) is 27.7 Å². The average molecular weight is 426 g/mol. The van der Waals surface area contributed by atoms with Crippen LogP contribution in [0, 0.1) is 15.9 Å². The molecule has 0 spiro atoms. The third-order valence-corrected chi connectivity index (χ3v) is 5.80. The maximum Gasteiger partial charge on any atom is 0.292 e. The first-order valence-electron chi connectivity index (χ1n) is 6.93. The number of likely N-dealkylation sites (N-methyl/N-ethyl adjacent to an activating group) is 2. The molecule has 0 aromatic heterocycles. The first-order valence-corrected chi connectivity index (χ1v) is 9.17. The predicted octanol–water partition coefficient (Wildman–Crippen LogP) is 1.99. The molecule has 0 unspecified atom stereocenters. The zero-order chi connectivity index (χ0) is 18.7. The predicted molar refractivity (Wildman–Crippen MR) is 88.5 cm³/mol. The van der Waals surface area contributed by atoms with Crippen molar-refractivity contribution in [3.8, 4) is 0 Å². The van der Waals surface area contributed by atoms with Crippen LogP contribution in [0.3, 0.4) is 0 Å². The summed E-state index contributed by atoms with van der Waals surface area (Å²) < 4.78 is 39.1. The molecular formula is C13H17BrFN3O5S. The Morgan fingerprint density at radius 3 is 2.33 bits per heavy atom. The van der Waals surface area contributed by atoms with Crippen LogP contribution in [0.1, 0.15) is 13.8 Å². The van der Waals surface area contributed by atoms with Gasteiger partial charge in [-0.15, -0.1) is 0 Å². The number of halogens is 2. The Morgan fingerprint density at radius 1 is 1.33 bits per heavy atom. The molecule has 1 rings (SSSR count). The summed E-state index contributed by atoms with van der Waals surface area (Å²) in [5.41, 5.74) is -0.891. The van der Waals surface area contributed by atoms with Gasteiger partial charge < -0.3 is 4.90 Å². The fourth-order valence-electron chi connectivity index (χ4n) is 1.99. The summed E-state index contributed by atoms with van der Waals surface area (Å²) in [6.45, 7) is 3.84. The highest BCUT2D eigenvalue weighted by molar-refractivity contribution is 9.10. The van der Waals surface area contributed by atoms with Gasteiger partial charge in [0.1, 0.15) is 5.82 Å². The number of nitro groups is 1. The molecule has 0 saturated heterocycles. The van der Waals surface area contributed by atoms with Gasteiger partial charge in [0.2, 0.25) is 15.9 Å². The van der Waals surface area contributed by atoms with Crippen molar-refractivity contribution in [2.24, 2.45) is 0 Å². The number of benzene rings is 1. The third-order valence-electron chi connectivity index (χ3n) is 3.36. The number of rotatable bonds is 7. The van der Waals surface area contributed by atoms with Crippen LogP contribution >= 0.6 is 15.9 Å². The number of carbonyl (C=O) groups is 1. The summed E-state index contributed by atoms with van der Waals surface area (Å²) in [4.78, 5) is 22.9. The Balaban J connectivity index is 3.27. The minimum atomic E-state index is -4.35. The molecule has 134 valence electrons. The van der Waals surface area contributed by atoms with Gasteiger partial charge in [0.15, 0.2) is 4.90 Å². The molecule has 0 radical (unpaired) electrons.